The minimum absolute atomic E-state index is 0.150. The fourth-order valence-corrected chi connectivity index (χ4v) is 8.94. The number of hydrogen-bond donors (Lipinski definition) is 0. The highest BCUT2D eigenvalue weighted by atomic mass is 32.1. The van der Waals surface area contributed by atoms with Crippen LogP contribution in [-0.4, -0.2) is 4.98 Å². The van der Waals surface area contributed by atoms with Gasteiger partial charge in [-0.25, -0.2) is 4.98 Å². The van der Waals surface area contributed by atoms with Gasteiger partial charge in [0, 0.05) is 16.4 Å². The maximum Gasteiger partial charge on any atom is 0.126 e. The second-order valence-corrected chi connectivity index (χ2v) is 14.7. The minimum Gasteiger partial charge on any atom is -0.308 e. The molecular weight excluding hydrogens is 591 g/mol. The summed E-state index contributed by atoms with van der Waals surface area (Å²) in [5, 5.41) is 1.02. The summed E-state index contributed by atoms with van der Waals surface area (Å²) in [7, 11) is 0. The molecule has 3 heterocycles. The molecule has 0 saturated carbocycles. The van der Waals surface area contributed by atoms with Crippen molar-refractivity contribution in [3.8, 4) is 10.6 Å². The third-order valence-corrected chi connectivity index (χ3v) is 11.3. The molecule has 0 saturated heterocycles. The first kappa shape index (κ1) is 28.1. The highest BCUT2D eigenvalue weighted by molar-refractivity contribution is 7.21. The van der Waals surface area contributed by atoms with Gasteiger partial charge in [-0.05, 0) is 70.8 Å². The Balaban J connectivity index is 1.42. The van der Waals surface area contributed by atoms with Gasteiger partial charge in [0.05, 0.1) is 44.3 Å². The number of rotatable bonds is 3. The summed E-state index contributed by atoms with van der Waals surface area (Å²) in [6.07, 6.45) is 0. The molecule has 0 aliphatic carbocycles. The molecule has 0 amide bonds. The van der Waals surface area contributed by atoms with Crippen molar-refractivity contribution in [2.75, 3.05) is 9.80 Å². The number of aromatic nitrogens is 1. The van der Waals surface area contributed by atoms with E-state index in [1.807, 2.05) is 0 Å². The van der Waals surface area contributed by atoms with Crippen LogP contribution in [0.25, 0.3) is 20.8 Å². The van der Waals surface area contributed by atoms with E-state index < -0.39 is 0 Å². The lowest BCUT2D eigenvalue weighted by Crippen LogP contribution is -2.33. The number of thiazole rings is 1. The Labute approximate surface area is 280 Å². The molecule has 2 aliphatic heterocycles. The van der Waals surface area contributed by atoms with Crippen LogP contribution in [0.1, 0.15) is 49.9 Å². The first-order valence-electron chi connectivity index (χ1n) is 16.3. The Morgan fingerprint density at radius 3 is 1.38 bits per heavy atom. The first-order valence-corrected chi connectivity index (χ1v) is 17.1. The van der Waals surface area contributed by atoms with Gasteiger partial charge in [-0.2, -0.15) is 0 Å². The molecule has 7 aromatic rings. The Hall–Kier alpha value is -5.19. The van der Waals surface area contributed by atoms with Gasteiger partial charge in [-0.1, -0.05) is 119 Å². The average Bonchev–Trinajstić information content (AvgIpc) is 3.54. The van der Waals surface area contributed by atoms with E-state index in [2.05, 4.69) is 177 Å². The number of benzene rings is 6. The van der Waals surface area contributed by atoms with E-state index in [4.69, 9.17) is 4.98 Å². The van der Waals surface area contributed by atoms with Gasteiger partial charge in [0.1, 0.15) is 5.01 Å². The first-order chi connectivity index (χ1) is 22.9. The van der Waals surface area contributed by atoms with Crippen molar-refractivity contribution in [3.05, 3.63) is 162 Å². The summed E-state index contributed by atoms with van der Waals surface area (Å²) in [6.45, 7) is 9.39. The van der Waals surface area contributed by atoms with Gasteiger partial charge in [0.15, 0.2) is 0 Å². The second kappa shape index (κ2) is 10.2. The van der Waals surface area contributed by atoms with Crippen LogP contribution in [0.4, 0.5) is 34.1 Å². The van der Waals surface area contributed by atoms with E-state index in [1.54, 1.807) is 11.3 Å². The fraction of sp³-hybridized carbons (Fsp3) is 0.140. The van der Waals surface area contributed by atoms with Crippen molar-refractivity contribution < 1.29 is 0 Å². The van der Waals surface area contributed by atoms with Crippen molar-refractivity contribution in [2.45, 2.75) is 38.5 Å². The van der Waals surface area contributed by atoms with Crippen molar-refractivity contribution in [3.63, 3.8) is 0 Å². The highest BCUT2D eigenvalue weighted by Crippen LogP contribution is 2.59. The number of anilines is 6. The Kier molecular flexibility index (Phi) is 6.06. The molecule has 9 rings (SSSR count). The summed E-state index contributed by atoms with van der Waals surface area (Å²) < 4.78 is 1.19. The maximum absolute atomic E-state index is 5.25. The molecule has 0 fully saturated rings. The zero-order valence-electron chi connectivity index (χ0n) is 27.0. The van der Waals surface area contributed by atoms with Crippen LogP contribution < -0.4 is 9.80 Å². The van der Waals surface area contributed by atoms with Crippen LogP contribution in [0.3, 0.4) is 0 Å². The molecule has 47 heavy (non-hydrogen) atoms. The zero-order valence-corrected chi connectivity index (χ0v) is 27.8. The van der Waals surface area contributed by atoms with Gasteiger partial charge < -0.3 is 9.80 Å². The maximum atomic E-state index is 5.25. The molecule has 0 atom stereocenters. The highest BCUT2D eigenvalue weighted by Gasteiger charge is 2.41. The van der Waals surface area contributed by atoms with Gasteiger partial charge in [0.2, 0.25) is 0 Å². The van der Waals surface area contributed by atoms with E-state index >= 15 is 0 Å². The van der Waals surface area contributed by atoms with E-state index in [-0.39, 0.29) is 10.8 Å². The normalized spacial score (nSPS) is 15.5. The third kappa shape index (κ3) is 4.01. The van der Waals surface area contributed by atoms with Crippen molar-refractivity contribution in [1.82, 2.24) is 4.98 Å². The quantitative estimate of drug-likeness (QED) is 0.195. The summed E-state index contributed by atoms with van der Waals surface area (Å²) in [6, 6.07) is 50.9. The van der Waals surface area contributed by atoms with Gasteiger partial charge >= 0.3 is 0 Å². The van der Waals surface area contributed by atoms with Gasteiger partial charge in [0.25, 0.3) is 0 Å². The summed E-state index contributed by atoms with van der Waals surface area (Å²) in [5.74, 6) is 0. The van der Waals surface area contributed by atoms with E-state index in [0.29, 0.717) is 0 Å². The van der Waals surface area contributed by atoms with E-state index in [1.165, 1.54) is 49.7 Å². The number of nitrogens with zero attached hydrogens (tertiary/aromatic N) is 3. The standard InChI is InChI=1S/C43H35N3S/c1-42(2)29-17-5-10-22-34(29)45(35-23-11-6-18-30(35)42)38-26-15-16-28(41-44-33-21-9-14-27-39(33)47-41)40(38)46-36-24-12-7-19-31(36)43(3,4)32-20-8-13-25-37(32)46/h5-27H,1-4H3. The molecule has 3 nitrogen and oxygen atoms in total. The van der Waals surface area contributed by atoms with Crippen LogP contribution >= 0.6 is 11.3 Å². The summed E-state index contributed by atoms with van der Waals surface area (Å²) >= 11 is 1.76. The van der Waals surface area contributed by atoms with E-state index in [0.717, 1.165) is 27.5 Å². The lowest BCUT2D eigenvalue weighted by Gasteiger charge is -2.46. The lowest BCUT2D eigenvalue weighted by atomic mass is 9.73. The smallest absolute Gasteiger partial charge is 0.126 e. The SMILES string of the molecule is CC1(C)c2ccccc2N(c2cccc(-c3nc4ccccc4s3)c2N2c3ccccc3C(C)(C)c3ccccc32)c2ccccc21. The monoisotopic (exact) mass is 625 g/mol. The molecule has 0 spiro atoms. The molecular formula is C43H35N3S. The largest absolute Gasteiger partial charge is 0.308 e. The minimum atomic E-state index is -0.164. The molecule has 1 aromatic heterocycles. The number of para-hydroxylation sites is 6. The second-order valence-electron chi connectivity index (χ2n) is 13.6. The fourth-order valence-electron chi connectivity index (χ4n) is 7.95. The zero-order chi connectivity index (χ0) is 31.9. The molecule has 0 radical (unpaired) electrons. The van der Waals surface area contributed by atoms with Crippen LogP contribution in [0.15, 0.2) is 140 Å². The third-order valence-electron chi connectivity index (χ3n) is 10.3. The van der Waals surface area contributed by atoms with Crippen molar-refractivity contribution >= 4 is 55.7 Å². The molecule has 0 bridgehead atoms. The molecule has 0 N–H and O–H groups in total. The van der Waals surface area contributed by atoms with Gasteiger partial charge in [-0.3, -0.25) is 0 Å². The predicted molar refractivity (Wildman–Crippen MR) is 199 cm³/mol. The molecule has 228 valence electrons. The van der Waals surface area contributed by atoms with Crippen LogP contribution in [0.5, 0.6) is 0 Å². The molecule has 6 aromatic carbocycles. The summed E-state index contributed by atoms with van der Waals surface area (Å²) in [5.41, 5.74) is 14.2. The van der Waals surface area contributed by atoms with Crippen molar-refractivity contribution in [1.29, 1.82) is 0 Å². The Morgan fingerprint density at radius 2 is 0.872 bits per heavy atom. The Bertz CT molecular complexity index is 2210. The topological polar surface area (TPSA) is 19.4 Å². The lowest BCUT2D eigenvalue weighted by molar-refractivity contribution is 0.630. The number of fused-ring (bicyclic) bond motifs is 5. The predicted octanol–water partition coefficient (Wildman–Crippen LogP) is 12.2. The van der Waals surface area contributed by atoms with Gasteiger partial charge in [-0.15, -0.1) is 11.3 Å². The molecule has 4 heteroatoms. The molecule has 2 aliphatic rings. The number of hydrogen-bond acceptors (Lipinski definition) is 4. The van der Waals surface area contributed by atoms with E-state index in [9.17, 15) is 0 Å². The van der Waals surface area contributed by atoms with Crippen molar-refractivity contribution in [2.24, 2.45) is 0 Å². The van der Waals surface area contributed by atoms with Crippen LogP contribution in [-0.2, 0) is 10.8 Å². The average molecular weight is 626 g/mol. The summed E-state index contributed by atoms with van der Waals surface area (Å²) in [4.78, 5) is 10.3. The Morgan fingerprint density at radius 1 is 0.447 bits per heavy atom. The van der Waals surface area contributed by atoms with Crippen LogP contribution in [0, 0.1) is 0 Å². The molecule has 0 unspecified atom stereocenters. The van der Waals surface area contributed by atoms with Crippen LogP contribution in [0.2, 0.25) is 0 Å².